The molecule has 0 fully saturated rings. The smallest absolute Gasteiger partial charge is 0.263 e. The molecule has 0 amide bonds. The van der Waals surface area contributed by atoms with Crippen molar-refractivity contribution in [1.29, 1.82) is 0 Å². The number of benzene rings is 3. The van der Waals surface area contributed by atoms with E-state index in [4.69, 9.17) is 11.6 Å². The fourth-order valence-electron chi connectivity index (χ4n) is 4.12. The molecule has 0 aromatic heterocycles. The average Bonchev–Trinajstić information content (AvgIpc) is 2.73. The Balaban J connectivity index is 1.71. The highest BCUT2D eigenvalue weighted by atomic mass is 35.5. The van der Waals surface area contributed by atoms with Crippen LogP contribution in [0.3, 0.4) is 0 Å². The van der Waals surface area contributed by atoms with Gasteiger partial charge in [0.15, 0.2) is 0 Å². The minimum Gasteiger partial charge on any atom is -0.263 e. The monoisotopic (exact) mass is 439 g/mol. The molecule has 0 N–H and O–H groups in total. The van der Waals surface area contributed by atoms with Gasteiger partial charge in [0.25, 0.3) is 10.0 Å². The van der Waals surface area contributed by atoms with Crippen molar-refractivity contribution in [2.75, 3.05) is 4.31 Å². The van der Waals surface area contributed by atoms with Gasteiger partial charge in [-0.05, 0) is 86.6 Å². The topological polar surface area (TPSA) is 37.4 Å². The quantitative estimate of drug-likeness (QED) is 0.481. The van der Waals surface area contributed by atoms with Gasteiger partial charge >= 0.3 is 0 Å². The predicted molar refractivity (Wildman–Crippen MR) is 124 cm³/mol. The summed E-state index contributed by atoms with van der Waals surface area (Å²) < 4.78 is 29.2. The third kappa shape index (κ3) is 4.26. The summed E-state index contributed by atoms with van der Waals surface area (Å²) in [7, 11) is -3.66. The minimum atomic E-state index is -3.66. The molecule has 4 rings (SSSR count). The maximum absolute atomic E-state index is 13.7. The normalized spacial score (nSPS) is 16.4. The summed E-state index contributed by atoms with van der Waals surface area (Å²) in [5.41, 5.74) is 5.20. The van der Waals surface area contributed by atoms with Crippen LogP contribution in [0, 0.1) is 13.8 Å². The van der Waals surface area contributed by atoms with Crippen molar-refractivity contribution in [3.8, 4) is 0 Å². The summed E-state index contributed by atoms with van der Waals surface area (Å²) in [6, 6.07) is 21.0. The van der Waals surface area contributed by atoms with Crippen LogP contribution in [0.15, 0.2) is 71.6 Å². The van der Waals surface area contributed by atoms with Gasteiger partial charge in [-0.15, -0.1) is 0 Å². The fourth-order valence-corrected chi connectivity index (χ4v) is 5.99. The average molecular weight is 440 g/mol. The highest BCUT2D eigenvalue weighted by Gasteiger charge is 2.35. The van der Waals surface area contributed by atoms with E-state index in [9.17, 15) is 8.42 Å². The van der Waals surface area contributed by atoms with Gasteiger partial charge in [0, 0.05) is 11.1 Å². The van der Waals surface area contributed by atoms with Crippen LogP contribution >= 0.6 is 11.6 Å². The molecule has 3 nitrogen and oxygen atoms in total. The molecule has 30 heavy (non-hydrogen) atoms. The first-order valence-electron chi connectivity index (χ1n) is 10.3. The second kappa shape index (κ2) is 8.44. The van der Waals surface area contributed by atoms with Crippen LogP contribution in [0.2, 0.25) is 5.02 Å². The lowest BCUT2D eigenvalue weighted by Gasteiger charge is -2.38. The first-order valence-corrected chi connectivity index (χ1v) is 12.1. The van der Waals surface area contributed by atoms with E-state index >= 15 is 0 Å². The maximum Gasteiger partial charge on any atom is 0.264 e. The van der Waals surface area contributed by atoms with Crippen LogP contribution in [0.4, 0.5) is 5.69 Å². The summed E-state index contributed by atoms with van der Waals surface area (Å²) in [5, 5.41) is 0.712. The van der Waals surface area contributed by atoms with Crippen molar-refractivity contribution in [2.45, 2.75) is 50.5 Å². The summed E-state index contributed by atoms with van der Waals surface area (Å²) in [5.74, 6) is 0. The predicted octanol–water partition coefficient (Wildman–Crippen LogP) is 6.10. The van der Waals surface area contributed by atoms with E-state index in [1.54, 1.807) is 16.4 Å². The Bertz CT molecular complexity index is 1140. The van der Waals surface area contributed by atoms with Crippen molar-refractivity contribution in [2.24, 2.45) is 0 Å². The van der Waals surface area contributed by atoms with Crippen molar-refractivity contribution >= 4 is 27.3 Å². The first kappa shape index (κ1) is 21.0. The number of nitrogens with zero attached hydrogens (tertiary/aromatic N) is 1. The Morgan fingerprint density at radius 3 is 2.30 bits per heavy atom. The Hall–Kier alpha value is -2.30. The number of halogens is 1. The molecule has 1 aliphatic rings. The van der Waals surface area contributed by atoms with Gasteiger partial charge in [-0.3, -0.25) is 4.31 Å². The van der Waals surface area contributed by atoms with E-state index in [1.807, 2.05) is 56.3 Å². The second-order valence-corrected chi connectivity index (χ2v) is 10.4. The molecule has 3 aromatic carbocycles. The summed E-state index contributed by atoms with van der Waals surface area (Å²) in [6.45, 7) is 3.97. The summed E-state index contributed by atoms with van der Waals surface area (Å²) in [6.07, 6.45) is 3.28. The van der Waals surface area contributed by atoms with Crippen molar-refractivity contribution in [3.63, 3.8) is 0 Å². The minimum absolute atomic E-state index is 0.0821. The van der Waals surface area contributed by atoms with Gasteiger partial charge in [0.2, 0.25) is 0 Å². The molecule has 1 unspecified atom stereocenters. The molecule has 5 heteroatoms. The fraction of sp³-hybridized carbons (Fsp3) is 0.280. The van der Waals surface area contributed by atoms with E-state index in [0.29, 0.717) is 9.92 Å². The molecule has 0 saturated heterocycles. The van der Waals surface area contributed by atoms with Crippen LogP contribution in [0.5, 0.6) is 0 Å². The number of hydrogen-bond acceptors (Lipinski definition) is 2. The summed E-state index contributed by atoms with van der Waals surface area (Å²) in [4.78, 5) is 0.346. The Labute approximate surface area is 184 Å². The third-order valence-corrected chi connectivity index (χ3v) is 7.95. The van der Waals surface area contributed by atoms with Crippen LogP contribution in [-0.4, -0.2) is 14.5 Å². The number of fused-ring (bicyclic) bond motifs is 1. The van der Waals surface area contributed by atoms with Crippen LogP contribution in [0.25, 0.3) is 0 Å². The number of anilines is 1. The maximum atomic E-state index is 13.7. The van der Waals surface area contributed by atoms with Gasteiger partial charge in [0.05, 0.1) is 10.6 Å². The zero-order valence-electron chi connectivity index (χ0n) is 17.3. The molecule has 0 radical (unpaired) electrons. The van der Waals surface area contributed by atoms with E-state index in [-0.39, 0.29) is 6.04 Å². The standard InChI is InChI=1S/C25H26ClNO2S/c1-18-4-15-24(16-5-18)30(28,29)27-23(13-8-20-6-11-22(26)12-7-20)14-10-21-9-3-19(2)17-25(21)27/h3-7,9,11-12,15-17,23H,8,10,13-14H2,1-2H3. The highest BCUT2D eigenvalue weighted by molar-refractivity contribution is 7.92. The van der Waals surface area contributed by atoms with Gasteiger partial charge in [-0.2, -0.15) is 0 Å². The van der Waals surface area contributed by atoms with Crippen LogP contribution in [-0.2, 0) is 22.9 Å². The molecule has 3 aromatic rings. The SMILES string of the molecule is Cc1ccc(S(=O)(=O)N2c3cc(C)ccc3CCC2CCc2ccc(Cl)cc2)cc1. The molecule has 156 valence electrons. The zero-order valence-corrected chi connectivity index (χ0v) is 18.9. The molecule has 0 bridgehead atoms. The first-order chi connectivity index (χ1) is 14.3. The Morgan fingerprint density at radius 2 is 1.60 bits per heavy atom. The highest BCUT2D eigenvalue weighted by Crippen LogP contribution is 2.37. The van der Waals surface area contributed by atoms with Crippen molar-refractivity contribution in [1.82, 2.24) is 0 Å². The Kier molecular flexibility index (Phi) is 5.90. The number of rotatable bonds is 5. The van der Waals surface area contributed by atoms with Gasteiger partial charge < -0.3 is 0 Å². The van der Waals surface area contributed by atoms with Crippen molar-refractivity contribution < 1.29 is 8.42 Å². The summed E-state index contributed by atoms with van der Waals surface area (Å²) >= 11 is 6.01. The lowest BCUT2D eigenvalue weighted by atomic mass is 9.93. The molecule has 0 saturated carbocycles. The largest absolute Gasteiger partial charge is 0.264 e. The Morgan fingerprint density at radius 1 is 0.933 bits per heavy atom. The lowest BCUT2D eigenvalue weighted by Crippen LogP contribution is -2.44. The van der Waals surface area contributed by atoms with E-state index < -0.39 is 10.0 Å². The van der Waals surface area contributed by atoms with Crippen molar-refractivity contribution in [3.05, 3.63) is 94.0 Å². The molecular weight excluding hydrogens is 414 g/mol. The number of aryl methyl sites for hydroxylation is 4. The molecule has 1 atom stereocenters. The van der Waals surface area contributed by atoms with E-state index in [1.165, 1.54) is 5.56 Å². The molecular formula is C25H26ClNO2S. The van der Waals surface area contributed by atoms with Gasteiger partial charge in [-0.1, -0.05) is 53.6 Å². The molecule has 1 aliphatic heterocycles. The molecule has 1 heterocycles. The number of sulfonamides is 1. The zero-order chi connectivity index (χ0) is 21.3. The van der Waals surface area contributed by atoms with E-state index in [0.717, 1.165) is 48.1 Å². The second-order valence-electron chi connectivity index (χ2n) is 8.10. The van der Waals surface area contributed by atoms with E-state index in [2.05, 4.69) is 12.1 Å². The number of hydrogen-bond donors (Lipinski definition) is 0. The van der Waals surface area contributed by atoms with Gasteiger partial charge in [0.1, 0.15) is 0 Å². The lowest BCUT2D eigenvalue weighted by molar-refractivity contribution is 0.523. The van der Waals surface area contributed by atoms with Gasteiger partial charge in [-0.25, -0.2) is 8.42 Å². The molecule has 0 aliphatic carbocycles. The third-order valence-electron chi connectivity index (χ3n) is 5.81. The van der Waals surface area contributed by atoms with Crippen LogP contribution in [0.1, 0.15) is 35.1 Å². The van der Waals surface area contributed by atoms with Crippen LogP contribution < -0.4 is 4.31 Å². The molecule has 0 spiro atoms.